The summed E-state index contributed by atoms with van der Waals surface area (Å²) in [5, 5.41) is 9.37. The van der Waals surface area contributed by atoms with E-state index in [-0.39, 0.29) is 17.3 Å². The maximum atomic E-state index is 11.4. The van der Waals surface area contributed by atoms with Crippen LogP contribution in [0.25, 0.3) is 0 Å². The van der Waals surface area contributed by atoms with Gasteiger partial charge in [-0.05, 0) is 54.7 Å². The molecule has 1 heterocycles. The van der Waals surface area contributed by atoms with Gasteiger partial charge in [-0.15, -0.1) is 0 Å². The van der Waals surface area contributed by atoms with Gasteiger partial charge in [-0.1, -0.05) is 13.8 Å². The van der Waals surface area contributed by atoms with Gasteiger partial charge in [0.15, 0.2) is 0 Å². The number of hydrogen-bond donors (Lipinski definition) is 2. The highest BCUT2D eigenvalue weighted by Gasteiger charge is 2.38. The monoisotopic (exact) mass is 262 g/mol. The Morgan fingerprint density at radius 1 is 1.58 bits per heavy atom. The molecule has 3 N–H and O–H groups in total. The van der Waals surface area contributed by atoms with Crippen LogP contribution in [0.1, 0.15) is 38.7 Å². The van der Waals surface area contributed by atoms with Crippen molar-refractivity contribution in [2.24, 2.45) is 17.3 Å². The molecule has 104 valence electrons. The topological polar surface area (TPSA) is 76.2 Å². The number of nitrogen functional groups attached to an aromatic ring is 1. The molecule has 19 heavy (non-hydrogen) atoms. The average molecular weight is 262 g/mol. The number of nitrogens with zero attached hydrogens (tertiary/aromatic N) is 1. The zero-order chi connectivity index (χ0) is 14.0. The molecule has 0 saturated heterocycles. The Hall–Kier alpha value is -1.58. The third-order valence-corrected chi connectivity index (χ3v) is 4.18. The quantitative estimate of drug-likeness (QED) is 0.878. The Labute approximate surface area is 114 Å². The van der Waals surface area contributed by atoms with Crippen LogP contribution < -0.4 is 5.73 Å². The minimum absolute atomic E-state index is 0.183. The summed E-state index contributed by atoms with van der Waals surface area (Å²) in [6, 6.07) is 3.78. The smallest absolute Gasteiger partial charge is 0.306 e. The molecule has 0 aromatic carbocycles. The van der Waals surface area contributed by atoms with Gasteiger partial charge in [-0.25, -0.2) is 4.98 Å². The fraction of sp³-hybridized carbons (Fsp3) is 0.600. The van der Waals surface area contributed by atoms with Crippen LogP contribution >= 0.6 is 0 Å². The van der Waals surface area contributed by atoms with Gasteiger partial charge < -0.3 is 10.8 Å². The Bertz CT molecular complexity index is 471. The molecule has 2 rings (SSSR count). The molecule has 0 radical (unpaired) electrons. The van der Waals surface area contributed by atoms with E-state index in [0.29, 0.717) is 5.82 Å². The van der Waals surface area contributed by atoms with E-state index in [4.69, 9.17) is 5.73 Å². The van der Waals surface area contributed by atoms with Crippen LogP contribution in [0.5, 0.6) is 0 Å². The number of nitrogens with two attached hydrogens (primary N) is 1. The fourth-order valence-electron chi connectivity index (χ4n) is 3.20. The molecule has 0 amide bonds. The molecule has 1 fully saturated rings. The number of rotatable bonds is 3. The van der Waals surface area contributed by atoms with Crippen molar-refractivity contribution in [2.75, 3.05) is 5.73 Å². The van der Waals surface area contributed by atoms with Gasteiger partial charge in [0, 0.05) is 6.20 Å². The Kier molecular flexibility index (Phi) is 3.78. The van der Waals surface area contributed by atoms with Crippen molar-refractivity contribution in [1.82, 2.24) is 4.98 Å². The van der Waals surface area contributed by atoms with Crippen molar-refractivity contribution < 1.29 is 9.90 Å². The molecular formula is C15H22N2O2. The predicted molar refractivity (Wildman–Crippen MR) is 74.6 cm³/mol. The number of hydrogen-bond acceptors (Lipinski definition) is 3. The highest BCUT2D eigenvalue weighted by molar-refractivity contribution is 5.70. The van der Waals surface area contributed by atoms with Crippen molar-refractivity contribution in [3.05, 3.63) is 23.9 Å². The Balaban J connectivity index is 2.16. The van der Waals surface area contributed by atoms with Crippen LogP contribution in [0.15, 0.2) is 18.3 Å². The second-order valence-corrected chi connectivity index (χ2v) is 6.40. The van der Waals surface area contributed by atoms with E-state index in [1.165, 1.54) is 0 Å². The van der Waals surface area contributed by atoms with Crippen LogP contribution in [-0.4, -0.2) is 16.1 Å². The molecule has 2 unspecified atom stereocenters. The number of pyridine rings is 1. The van der Waals surface area contributed by atoms with Gasteiger partial charge >= 0.3 is 5.97 Å². The summed E-state index contributed by atoms with van der Waals surface area (Å²) in [5.41, 5.74) is 7.00. The van der Waals surface area contributed by atoms with Gasteiger partial charge in [-0.3, -0.25) is 4.79 Å². The third kappa shape index (κ3) is 3.46. The minimum Gasteiger partial charge on any atom is -0.481 e. The summed E-state index contributed by atoms with van der Waals surface area (Å²) in [4.78, 5) is 15.4. The zero-order valence-electron chi connectivity index (χ0n) is 11.6. The average Bonchev–Trinajstić information content (AvgIpc) is 2.27. The summed E-state index contributed by atoms with van der Waals surface area (Å²) in [7, 11) is 0. The second-order valence-electron chi connectivity index (χ2n) is 6.40. The molecule has 1 aliphatic carbocycles. The van der Waals surface area contributed by atoms with Crippen molar-refractivity contribution in [3.63, 3.8) is 0 Å². The highest BCUT2D eigenvalue weighted by Crippen LogP contribution is 2.43. The van der Waals surface area contributed by atoms with Gasteiger partial charge in [0.2, 0.25) is 0 Å². The maximum absolute atomic E-state index is 11.4. The van der Waals surface area contributed by atoms with E-state index >= 15 is 0 Å². The summed E-state index contributed by atoms with van der Waals surface area (Å²) < 4.78 is 0. The summed E-state index contributed by atoms with van der Waals surface area (Å²) in [5.74, 6) is -0.215. The van der Waals surface area contributed by atoms with Crippen molar-refractivity contribution in [3.8, 4) is 0 Å². The lowest BCUT2D eigenvalue weighted by molar-refractivity contribution is -0.146. The number of aromatic nitrogens is 1. The molecule has 0 spiro atoms. The van der Waals surface area contributed by atoms with Gasteiger partial charge in [-0.2, -0.15) is 0 Å². The number of aliphatic carboxylic acids is 1. The Morgan fingerprint density at radius 2 is 2.32 bits per heavy atom. The normalized spacial score (nSPS) is 26.0. The molecule has 1 saturated carbocycles. The van der Waals surface area contributed by atoms with E-state index in [1.807, 2.05) is 12.1 Å². The number of anilines is 1. The van der Waals surface area contributed by atoms with E-state index in [9.17, 15) is 9.90 Å². The fourth-order valence-corrected chi connectivity index (χ4v) is 3.20. The minimum atomic E-state index is -0.664. The first kappa shape index (κ1) is 13.8. The third-order valence-electron chi connectivity index (χ3n) is 4.18. The molecule has 0 bridgehead atoms. The highest BCUT2D eigenvalue weighted by atomic mass is 16.4. The zero-order valence-corrected chi connectivity index (χ0v) is 11.6. The van der Waals surface area contributed by atoms with Crippen LogP contribution in [0.3, 0.4) is 0 Å². The SMILES string of the molecule is CC1(C)CCC(C(=O)O)C(Cc2ccnc(N)c2)C1. The summed E-state index contributed by atoms with van der Waals surface area (Å²) in [6.45, 7) is 4.44. The van der Waals surface area contributed by atoms with E-state index in [0.717, 1.165) is 31.2 Å². The molecule has 2 atom stereocenters. The van der Waals surface area contributed by atoms with Gasteiger partial charge in [0.25, 0.3) is 0 Å². The molecule has 0 aliphatic heterocycles. The first-order valence-corrected chi connectivity index (χ1v) is 6.80. The molecule has 1 aliphatic rings. The van der Waals surface area contributed by atoms with Crippen LogP contribution in [0, 0.1) is 17.3 Å². The molecular weight excluding hydrogens is 240 g/mol. The second kappa shape index (κ2) is 5.19. The number of carbonyl (C=O) groups is 1. The molecule has 4 nitrogen and oxygen atoms in total. The molecule has 4 heteroatoms. The van der Waals surface area contributed by atoms with Crippen LogP contribution in [0.4, 0.5) is 5.82 Å². The van der Waals surface area contributed by atoms with E-state index in [1.54, 1.807) is 6.20 Å². The van der Waals surface area contributed by atoms with Gasteiger partial charge in [0.05, 0.1) is 5.92 Å². The predicted octanol–water partition coefficient (Wildman–Crippen LogP) is 2.73. The van der Waals surface area contributed by atoms with E-state index < -0.39 is 5.97 Å². The maximum Gasteiger partial charge on any atom is 0.306 e. The molecule has 1 aromatic rings. The van der Waals surface area contributed by atoms with Gasteiger partial charge in [0.1, 0.15) is 5.82 Å². The Morgan fingerprint density at radius 3 is 2.95 bits per heavy atom. The van der Waals surface area contributed by atoms with E-state index in [2.05, 4.69) is 18.8 Å². The van der Waals surface area contributed by atoms with Crippen LogP contribution in [0.2, 0.25) is 0 Å². The van der Waals surface area contributed by atoms with Crippen molar-refractivity contribution >= 4 is 11.8 Å². The first-order valence-electron chi connectivity index (χ1n) is 6.80. The lowest BCUT2D eigenvalue weighted by Crippen LogP contribution is -2.35. The van der Waals surface area contributed by atoms with Crippen molar-refractivity contribution in [1.29, 1.82) is 0 Å². The lowest BCUT2D eigenvalue weighted by Gasteiger charge is -2.39. The number of carboxylic acids is 1. The summed E-state index contributed by atoms with van der Waals surface area (Å²) in [6.07, 6.45) is 5.17. The molecule has 1 aromatic heterocycles. The first-order chi connectivity index (χ1) is 8.87. The summed E-state index contributed by atoms with van der Waals surface area (Å²) >= 11 is 0. The largest absolute Gasteiger partial charge is 0.481 e. The van der Waals surface area contributed by atoms with Crippen molar-refractivity contribution in [2.45, 2.75) is 39.5 Å². The lowest BCUT2D eigenvalue weighted by atomic mass is 9.65. The van der Waals surface area contributed by atoms with Crippen LogP contribution in [-0.2, 0) is 11.2 Å². The number of carboxylic acid groups (broad SMARTS) is 1. The standard InChI is InChI=1S/C15H22N2O2/c1-15(2)5-3-12(14(18)19)11(9-15)7-10-4-6-17-13(16)8-10/h4,6,8,11-12H,3,5,7,9H2,1-2H3,(H2,16,17)(H,18,19).